The third-order valence-corrected chi connectivity index (χ3v) is 4.67. The summed E-state index contributed by atoms with van der Waals surface area (Å²) in [5.41, 5.74) is 3.77. The Hall–Kier alpha value is -3.12. The first-order chi connectivity index (χ1) is 13.9. The summed E-state index contributed by atoms with van der Waals surface area (Å²) >= 11 is 6.52. The molecular weight excluding hydrogens is 388 g/mol. The van der Waals surface area contributed by atoms with Crippen molar-refractivity contribution in [2.24, 2.45) is 0 Å². The maximum absolute atomic E-state index is 6.52. The Balaban J connectivity index is 1.93. The van der Waals surface area contributed by atoms with Crippen LogP contribution in [0.2, 0.25) is 5.02 Å². The lowest BCUT2D eigenvalue weighted by atomic mass is 10.0. The van der Waals surface area contributed by atoms with Gasteiger partial charge in [0.2, 0.25) is 11.8 Å². The molecule has 0 bridgehead atoms. The fraction of sp³-hybridized carbons (Fsp3) is 0.227. The van der Waals surface area contributed by atoms with Gasteiger partial charge in [-0.3, -0.25) is 0 Å². The molecule has 4 aromatic rings. The molecule has 0 fully saturated rings. The number of hydrogen-bond donors (Lipinski definition) is 1. The molecule has 0 amide bonds. The maximum atomic E-state index is 6.52. The van der Waals surface area contributed by atoms with Gasteiger partial charge < -0.3 is 14.5 Å². The van der Waals surface area contributed by atoms with Crippen LogP contribution < -0.4 is 9.47 Å². The summed E-state index contributed by atoms with van der Waals surface area (Å²) in [4.78, 5) is 16.4. The summed E-state index contributed by atoms with van der Waals surface area (Å²) in [6.07, 6.45) is 5.35. The Labute approximate surface area is 173 Å². The minimum atomic E-state index is -0.398. The monoisotopic (exact) mass is 408 g/mol. The topological polar surface area (TPSA) is 72.9 Å². The number of aromatic nitrogens is 4. The molecule has 0 spiro atoms. The number of H-pyrrole nitrogens is 1. The summed E-state index contributed by atoms with van der Waals surface area (Å²) < 4.78 is 11.3. The van der Waals surface area contributed by atoms with Crippen LogP contribution in [0.5, 0.6) is 11.8 Å². The van der Waals surface area contributed by atoms with Gasteiger partial charge in [0.25, 0.3) is 0 Å². The SMILES string of the molecule is COc1nccc(-c2cc(-c3c[nH]c4ncccc34)cc(OC(C)(C)C)n2)c1Cl. The molecule has 0 aliphatic rings. The van der Waals surface area contributed by atoms with Crippen LogP contribution in [-0.2, 0) is 0 Å². The van der Waals surface area contributed by atoms with Crippen LogP contribution >= 0.6 is 11.6 Å². The minimum Gasteiger partial charge on any atom is -0.480 e. The van der Waals surface area contributed by atoms with E-state index in [1.54, 1.807) is 12.4 Å². The van der Waals surface area contributed by atoms with E-state index in [2.05, 4.69) is 15.0 Å². The Morgan fingerprint density at radius 2 is 1.86 bits per heavy atom. The number of nitrogens with zero attached hydrogens (tertiary/aromatic N) is 3. The quantitative estimate of drug-likeness (QED) is 0.480. The Bertz CT molecular complexity index is 1180. The van der Waals surface area contributed by atoms with E-state index >= 15 is 0 Å². The van der Waals surface area contributed by atoms with Crippen LogP contribution in [0.15, 0.2) is 48.9 Å². The lowest BCUT2D eigenvalue weighted by Crippen LogP contribution is -2.23. The number of hydrogen-bond acceptors (Lipinski definition) is 5. The molecule has 0 aliphatic heterocycles. The number of methoxy groups -OCH3 is 1. The van der Waals surface area contributed by atoms with Gasteiger partial charge in [0.15, 0.2) is 0 Å². The van der Waals surface area contributed by atoms with Gasteiger partial charge in [-0.05, 0) is 50.6 Å². The van der Waals surface area contributed by atoms with Gasteiger partial charge >= 0.3 is 0 Å². The first kappa shape index (κ1) is 19.2. The van der Waals surface area contributed by atoms with Crippen LogP contribution in [0.4, 0.5) is 0 Å². The van der Waals surface area contributed by atoms with Crippen molar-refractivity contribution in [3.8, 4) is 34.1 Å². The van der Waals surface area contributed by atoms with E-state index in [1.807, 2.05) is 57.3 Å². The van der Waals surface area contributed by atoms with Crippen molar-refractivity contribution in [1.82, 2.24) is 19.9 Å². The van der Waals surface area contributed by atoms with E-state index in [0.29, 0.717) is 22.5 Å². The first-order valence-corrected chi connectivity index (χ1v) is 9.56. The third-order valence-electron chi connectivity index (χ3n) is 4.30. The van der Waals surface area contributed by atoms with Crippen molar-refractivity contribution in [3.05, 3.63) is 53.9 Å². The van der Waals surface area contributed by atoms with E-state index in [9.17, 15) is 0 Å². The average molecular weight is 409 g/mol. The van der Waals surface area contributed by atoms with Gasteiger partial charge in [-0.2, -0.15) is 0 Å². The van der Waals surface area contributed by atoms with Crippen molar-refractivity contribution in [1.29, 1.82) is 0 Å². The van der Waals surface area contributed by atoms with Gasteiger partial charge in [0.1, 0.15) is 16.3 Å². The molecule has 7 heteroatoms. The normalized spacial score (nSPS) is 11.6. The molecule has 0 radical (unpaired) electrons. The molecule has 0 saturated carbocycles. The minimum absolute atomic E-state index is 0.353. The Morgan fingerprint density at radius 1 is 1.03 bits per heavy atom. The van der Waals surface area contributed by atoms with Gasteiger partial charge in [0, 0.05) is 41.2 Å². The number of pyridine rings is 3. The highest BCUT2D eigenvalue weighted by Crippen LogP contribution is 2.37. The number of ether oxygens (including phenoxy) is 2. The Kier molecular flexibility index (Phi) is 4.88. The average Bonchev–Trinajstić information content (AvgIpc) is 3.11. The second-order valence-corrected chi connectivity index (χ2v) is 7.96. The van der Waals surface area contributed by atoms with E-state index in [0.717, 1.165) is 27.7 Å². The molecule has 4 rings (SSSR count). The standard InChI is InChI=1S/C22H21ClN4O2/c1-22(2,3)29-18-11-13(16-12-26-20-14(16)6-5-8-24-20)10-17(27-18)15-7-9-25-21(28-4)19(15)23/h5-12H,1-4H3,(H,24,26). The predicted molar refractivity (Wildman–Crippen MR) is 114 cm³/mol. The molecule has 0 aliphatic carbocycles. The highest BCUT2D eigenvalue weighted by Gasteiger charge is 2.18. The van der Waals surface area contributed by atoms with Crippen LogP contribution in [-0.4, -0.2) is 32.6 Å². The molecule has 4 heterocycles. The molecule has 0 atom stereocenters. The predicted octanol–water partition coefficient (Wildman–Crippen LogP) is 5.53. The summed E-state index contributed by atoms with van der Waals surface area (Å²) in [5.74, 6) is 0.862. The molecule has 0 aromatic carbocycles. The zero-order chi connectivity index (χ0) is 20.6. The number of rotatable bonds is 4. The molecule has 0 saturated heterocycles. The van der Waals surface area contributed by atoms with Crippen molar-refractivity contribution >= 4 is 22.6 Å². The fourth-order valence-electron chi connectivity index (χ4n) is 3.12. The highest BCUT2D eigenvalue weighted by molar-refractivity contribution is 6.34. The lowest BCUT2D eigenvalue weighted by molar-refractivity contribution is 0.124. The van der Waals surface area contributed by atoms with E-state index < -0.39 is 5.60 Å². The van der Waals surface area contributed by atoms with Gasteiger partial charge in [-0.25, -0.2) is 15.0 Å². The second kappa shape index (κ2) is 7.37. The first-order valence-electron chi connectivity index (χ1n) is 9.18. The van der Waals surface area contributed by atoms with E-state index in [1.165, 1.54) is 7.11 Å². The Morgan fingerprint density at radius 3 is 2.62 bits per heavy atom. The summed E-state index contributed by atoms with van der Waals surface area (Å²) in [7, 11) is 1.54. The number of fused-ring (bicyclic) bond motifs is 1. The number of halogens is 1. The van der Waals surface area contributed by atoms with Gasteiger partial charge in [-0.15, -0.1) is 0 Å². The molecule has 148 valence electrons. The molecule has 6 nitrogen and oxygen atoms in total. The van der Waals surface area contributed by atoms with Gasteiger partial charge in [0.05, 0.1) is 12.8 Å². The summed E-state index contributed by atoms with van der Waals surface area (Å²) in [5, 5.41) is 1.42. The zero-order valence-electron chi connectivity index (χ0n) is 16.7. The zero-order valence-corrected chi connectivity index (χ0v) is 17.4. The van der Waals surface area contributed by atoms with E-state index in [4.69, 9.17) is 26.1 Å². The summed E-state index contributed by atoms with van der Waals surface area (Å²) in [6, 6.07) is 9.66. The van der Waals surface area contributed by atoms with Crippen LogP contribution in [0.1, 0.15) is 20.8 Å². The molecule has 4 aromatic heterocycles. The van der Waals surface area contributed by atoms with Crippen LogP contribution in [0.3, 0.4) is 0 Å². The molecule has 29 heavy (non-hydrogen) atoms. The maximum Gasteiger partial charge on any atom is 0.232 e. The van der Waals surface area contributed by atoms with Crippen LogP contribution in [0, 0.1) is 0 Å². The molecule has 0 unspecified atom stereocenters. The van der Waals surface area contributed by atoms with Gasteiger partial charge in [-0.1, -0.05) is 11.6 Å². The lowest BCUT2D eigenvalue weighted by Gasteiger charge is -2.21. The molecule has 1 N–H and O–H groups in total. The third kappa shape index (κ3) is 3.89. The highest BCUT2D eigenvalue weighted by atomic mass is 35.5. The van der Waals surface area contributed by atoms with Crippen LogP contribution in [0.25, 0.3) is 33.4 Å². The van der Waals surface area contributed by atoms with E-state index in [-0.39, 0.29) is 0 Å². The largest absolute Gasteiger partial charge is 0.480 e. The van der Waals surface area contributed by atoms with Crippen molar-refractivity contribution in [2.75, 3.05) is 7.11 Å². The smallest absolute Gasteiger partial charge is 0.232 e. The van der Waals surface area contributed by atoms with Crippen molar-refractivity contribution in [3.63, 3.8) is 0 Å². The second-order valence-electron chi connectivity index (χ2n) is 7.58. The summed E-state index contributed by atoms with van der Waals surface area (Å²) in [6.45, 7) is 5.96. The van der Waals surface area contributed by atoms with Crippen molar-refractivity contribution in [2.45, 2.75) is 26.4 Å². The van der Waals surface area contributed by atoms with Crippen molar-refractivity contribution < 1.29 is 9.47 Å². The number of aromatic amines is 1. The molecular formula is C22H21ClN4O2. The number of nitrogens with one attached hydrogen (secondary N) is 1. The fourth-order valence-corrected chi connectivity index (χ4v) is 3.41.